The van der Waals surface area contributed by atoms with E-state index in [9.17, 15) is 0 Å². The van der Waals surface area contributed by atoms with E-state index in [1.807, 2.05) is 0 Å². The van der Waals surface area contributed by atoms with E-state index in [2.05, 4.69) is 62.5 Å². The van der Waals surface area contributed by atoms with Gasteiger partial charge in [-0.25, -0.2) is 0 Å². The highest BCUT2D eigenvalue weighted by atomic mass is 16.5. The van der Waals surface area contributed by atoms with Gasteiger partial charge in [-0.1, -0.05) is 43.3 Å². The van der Waals surface area contributed by atoms with Crippen LogP contribution in [0.3, 0.4) is 0 Å². The average Bonchev–Trinajstić information content (AvgIpc) is 2.96. The molecule has 2 nitrogen and oxygen atoms in total. The third-order valence-corrected chi connectivity index (χ3v) is 4.33. The van der Waals surface area contributed by atoms with Crippen LogP contribution in [0.1, 0.15) is 40.8 Å². The third kappa shape index (κ3) is 2.68. The fourth-order valence-corrected chi connectivity index (χ4v) is 3.02. The van der Waals surface area contributed by atoms with Crippen LogP contribution in [0.4, 0.5) is 0 Å². The van der Waals surface area contributed by atoms with E-state index in [0.29, 0.717) is 0 Å². The molecule has 1 aliphatic rings. The smallest absolute Gasteiger partial charge is 0.127 e. The standard InChI is InChI=1S/C19H23NO/c1-4-20-18(16-9-8-13(2)14(3)12-16)17-7-5-6-15-10-11-21-19(15)17/h5-9,12,18,20H,4,10-11H2,1-3H3. The molecule has 110 valence electrons. The summed E-state index contributed by atoms with van der Waals surface area (Å²) >= 11 is 0. The Kier molecular flexibility index (Phi) is 3.98. The lowest BCUT2D eigenvalue weighted by atomic mass is 9.93. The quantitative estimate of drug-likeness (QED) is 0.916. The molecule has 3 rings (SSSR count). The van der Waals surface area contributed by atoms with Crippen molar-refractivity contribution in [2.24, 2.45) is 0 Å². The van der Waals surface area contributed by atoms with Gasteiger partial charge in [-0.05, 0) is 42.6 Å². The molecule has 0 amide bonds. The van der Waals surface area contributed by atoms with E-state index < -0.39 is 0 Å². The van der Waals surface area contributed by atoms with Crippen molar-refractivity contribution in [1.29, 1.82) is 0 Å². The molecule has 0 saturated carbocycles. The van der Waals surface area contributed by atoms with Crippen molar-refractivity contribution in [3.8, 4) is 5.75 Å². The van der Waals surface area contributed by atoms with Crippen LogP contribution in [0.15, 0.2) is 36.4 Å². The zero-order valence-electron chi connectivity index (χ0n) is 13.1. The number of fused-ring (bicyclic) bond motifs is 1. The van der Waals surface area contributed by atoms with Crippen LogP contribution in [0.25, 0.3) is 0 Å². The number of aryl methyl sites for hydroxylation is 2. The van der Waals surface area contributed by atoms with Gasteiger partial charge in [0.1, 0.15) is 5.75 Å². The Bertz CT molecular complexity index is 648. The first-order valence-electron chi connectivity index (χ1n) is 7.76. The number of rotatable bonds is 4. The number of para-hydroxylation sites is 1. The number of benzene rings is 2. The van der Waals surface area contributed by atoms with Crippen molar-refractivity contribution in [2.75, 3.05) is 13.2 Å². The Labute approximate surface area is 127 Å². The van der Waals surface area contributed by atoms with Gasteiger partial charge in [0, 0.05) is 12.0 Å². The second kappa shape index (κ2) is 5.90. The lowest BCUT2D eigenvalue weighted by molar-refractivity contribution is 0.350. The summed E-state index contributed by atoms with van der Waals surface area (Å²) in [6.45, 7) is 8.22. The zero-order valence-corrected chi connectivity index (χ0v) is 13.1. The van der Waals surface area contributed by atoms with E-state index in [0.717, 1.165) is 25.3 Å². The molecule has 0 aliphatic carbocycles. The molecule has 0 aromatic heterocycles. The van der Waals surface area contributed by atoms with Crippen LogP contribution in [0, 0.1) is 13.8 Å². The fraction of sp³-hybridized carbons (Fsp3) is 0.368. The Morgan fingerprint density at radius 2 is 2.00 bits per heavy atom. The summed E-state index contributed by atoms with van der Waals surface area (Å²) in [6.07, 6.45) is 1.02. The molecule has 0 bridgehead atoms. The molecule has 2 heteroatoms. The molecule has 21 heavy (non-hydrogen) atoms. The van der Waals surface area contributed by atoms with Gasteiger partial charge < -0.3 is 10.1 Å². The van der Waals surface area contributed by atoms with Gasteiger partial charge in [0.2, 0.25) is 0 Å². The van der Waals surface area contributed by atoms with E-state index in [-0.39, 0.29) is 6.04 Å². The summed E-state index contributed by atoms with van der Waals surface area (Å²) in [4.78, 5) is 0. The lowest BCUT2D eigenvalue weighted by Crippen LogP contribution is -2.22. The van der Waals surface area contributed by atoms with E-state index in [4.69, 9.17) is 4.74 Å². The monoisotopic (exact) mass is 281 g/mol. The van der Waals surface area contributed by atoms with Crippen LogP contribution < -0.4 is 10.1 Å². The molecule has 1 atom stereocenters. The highest BCUT2D eigenvalue weighted by molar-refractivity contribution is 5.49. The molecule has 1 aliphatic heterocycles. The minimum Gasteiger partial charge on any atom is -0.493 e. The van der Waals surface area contributed by atoms with Crippen molar-refractivity contribution >= 4 is 0 Å². The Balaban J connectivity index is 2.06. The summed E-state index contributed by atoms with van der Waals surface area (Å²) in [7, 11) is 0. The molecule has 2 aromatic rings. The number of hydrogen-bond acceptors (Lipinski definition) is 2. The van der Waals surface area contributed by atoms with Gasteiger partial charge in [-0.15, -0.1) is 0 Å². The number of ether oxygens (including phenoxy) is 1. The molecule has 1 unspecified atom stereocenters. The van der Waals surface area contributed by atoms with Gasteiger partial charge >= 0.3 is 0 Å². The molecule has 0 radical (unpaired) electrons. The lowest BCUT2D eigenvalue weighted by Gasteiger charge is -2.22. The third-order valence-electron chi connectivity index (χ3n) is 4.33. The van der Waals surface area contributed by atoms with Crippen LogP contribution in [0.5, 0.6) is 5.75 Å². The number of nitrogens with one attached hydrogen (secondary N) is 1. The minimum atomic E-state index is 0.197. The first kappa shape index (κ1) is 14.2. The van der Waals surface area contributed by atoms with Gasteiger partial charge in [0.05, 0.1) is 12.6 Å². The minimum absolute atomic E-state index is 0.197. The van der Waals surface area contributed by atoms with Crippen molar-refractivity contribution in [1.82, 2.24) is 5.32 Å². The van der Waals surface area contributed by atoms with Crippen molar-refractivity contribution in [3.05, 3.63) is 64.2 Å². The van der Waals surface area contributed by atoms with Crippen LogP contribution in [-0.4, -0.2) is 13.2 Å². The number of hydrogen-bond donors (Lipinski definition) is 1. The second-order valence-corrected chi connectivity index (χ2v) is 5.77. The SMILES string of the molecule is CCNC(c1ccc(C)c(C)c1)c1cccc2c1OCC2. The first-order valence-corrected chi connectivity index (χ1v) is 7.76. The van der Waals surface area contributed by atoms with E-state index in [1.165, 1.54) is 27.8 Å². The van der Waals surface area contributed by atoms with Crippen molar-refractivity contribution in [2.45, 2.75) is 33.2 Å². The summed E-state index contributed by atoms with van der Waals surface area (Å²) in [5.41, 5.74) is 6.57. The molecule has 1 heterocycles. The predicted molar refractivity (Wildman–Crippen MR) is 87.1 cm³/mol. The maximum atomic E-state index is 5.89. The highest BCUT2D eigenvalue weighted by Crippen LogP contribution is 2.36. The molecule has 1 N–H and O–H groups in total. The molecule has 0 saturated heterocycles. The Hall–Kier alpha value is -1.80. The zero-order chi connectivity index (χ0) is 14.8. The molecule has 0 spiro atoms. The van der Waals surface area contributed by atoms with Crippen LogP contribution in [0.2, 0.25) is 0 Å². The van der Waals surface area contributed by atoms with Gasteiger partial charge in [-0.3, -0.25) is 0 Å². The Morgan fingerprint density at radius 3 is 2.76 bits per heavy atom. The maximum absolute atomic E-state index is 5.89. The van der Waals surface area contributed by atoms with E-state index in [1.54, 1.807) is 0 Å². The largest absolute Gasteiger partial charge is 0.493 e. The van der Waals surface area contributed by atoms with Crippen LogP contribution >= 0.6 is 0 Å². The molecule has 2 aromatic carbocycles. The average molecular weight is 281 g/mol. The van der Waals surface area contributed by atoms with Crippen molar-refractivity contribution in [3.63, 3.8) is 0 Å². The summed E-state index contributed by atoms with van der Waals surface area (Å²) in [5.74, 6) is 1.08. The highest BCUT2D eigenvalue weighted by Gasteiger charge is 2.23. The maximum Gasteiger partial charge on any atom is 0.127 e. The van der Waals surface area contributed by atoms with Gasteiger partial charge in [-0.2, -0.15) is 0 Å². The second-order valence-electron chi connectivity index (χ2n) is 5.77. The van der Waals surface area contributed by atoms with Crippen LogP contribution in [-0.2, 0) is 6.42 Å². The summed E-state index contributed by atoms with van der Waals surface area (Å²) in [5, 5.41) is 3.61. The molecular weight excluding hydrogens is 258 g/mol. The predicted octanol–water partition coefficient (Wildman–Crippen LogP) is 3.94. The van der Waals surface area contributed by atoms with Crippen molar-refractivity contribution < 1.29 is 4.74 Å². The summed E-state index contributed by atoms with van der Waals surface area (Å²) in [6, 6.07) is 13.4. The summed E-state index contributed by atoms with van der Waals surface area (Å²) < 4.78 is 5.89. The van der Waals surface area contributed by atoms with Gasteiger partial charge in [0.25, 0.3) is 0 Å². The first-order chi connectivity index (χ1) is 10.2. The Morgan fingerprint density at radius 1 is 1.14 bits per heavy atom. The van der Waals surface area contributed by atoms with E-state index >= 15 is 0 Å². The molecule has 0 fully saturated rings. The normalized spacial score (nSPS) is 14.6. The fourth-order valence-electron chi connectivity index (χ4n) is 3.02. The molecular formula is C19H23NO. The topological polar surface area (TPSA) is 21.3 Å². The van der Waals surface area contributed by atoms with Gasteiger partial charge in [0.15, 0.2) is 0 Å².